The third-order valence-corrected chi connectivity index (χ3v) is 2.38. The van der Waals surface area contributed by atoms with Gasteiger partial charge >= 0.3 is 6.18 Å². The highest BCUT2D eigenvalue weighted by Crippen LogP contribution is 2.44. The van der Waals surface area contributed by atoms with Gasteiger partial charge in [-0.15, -0.1) is 0 Å². The average Bonchev–Trinajstić information content (AvgIpc) is 2.84. The fraction of sp³-hybridized carbons (Fsp3) is 0.400. The molecule has 1 unspecified atom stereocenters. The van der Waals surface area contributed by atoms with Crippen LogP contribution < -0.4 is 0 Å². The summed E-state index contributed by atoms with van der Waals surface area (Å²) in [6.07, 6.45) is -4.30. The summed E-state index contributed by atoms with van der Waals surface area (Å²) in [7, 11) is 0. The Morgan fingerprint density at radius 2 is 1.86 bits per heavy atom. The third-order valence-electron chi connectivity index (χ3n) is 2.38. The zero-order chi connectivity index (χ0) is 10.4. The van der Waals surface area contributed by atoms with Crippen molar-refractivity contribution in [3.8, 4) is 0 Å². The van der Waals surface area contributed by atoms with E-state index < -0.39 is 17.3 Å². The molecule has 1 aliphatic heterocycles. The summed E-state index contributed by atoms with van der Waals surface area (Å²) in [5.74, 6) is 0. The van der Waals surface area contributed by atoms with Gasteiger partial charge in [-0.3, -0.25) is 0 Å². The maximum absolute atomic E-state index is 12.6. The predicted octanol–water partition coefficient (Wildman–Crippen LogP) is 2.95. The van der Waals surface area contributed by atoms with Crippen molar-refractivity contribution in [1.29, 1.82) is 0 Å². The van der Waals surface area contributed by atoms with E-state index in [2.05, 4.69) is 0 Å². The summed E-state index contributed by atoms with van der Waals surface area (Å²) in [6.45, 7) is 2.03. The van der Waals surface area contributed by atoms with Crippen LogP contribution in [0.4, 0.5) is 13.2 Å². The number of hydrogen-bond donors (Lipinski definition) is 0. The van der Waals surface area contributed by atoms with E-state index in [-0.39, 0.29) is 5.56 Å². The Morgan fingerprint density at radius 3 is 2.36 bits per heavy atom. The molecular weight excluding hydrogens is 193 g/mol. The molecule has 0 spiro atoms. The SMILES string of the molecule is CC1(c2ccccc2C(F)(F)F)CO1. The van der Waals surface area contributed by atoms with Gasteiger partial charge in [0.05, 0.1) is 12.2 Å². The number of hydrogen-bond acceptors (Lipinski definition) is 1. The molecule has 14 heavy (non-hydrogen) atoms. The van der Waals surface area contributed by atoms with Crippen LogP contribution in [0.3, 0.4) is 0 Å². The molecule has 2 rings (SSSR count). The number of alkyl halides is 3. The first kappa shape index (κ1) is 9.52. The molecule has 0 aromatic heterocycles. The second kappa shape index (κ2) is 2.73. The number of epoxide rings is 1. The molecule has 0 N–H and O–H groups in total. The summed E-state index contributed by atoms with van der Waals surface area (Å²) >= 11 is 0. The molecule has 1 nitrogen and oxygen atoms in total. The minimum absolute atomic E-state index is 0.229. The van der Waals surface area contributed by atoms with E-state index in [1.54, 1.807) is 13.0 Å². The normalized spacial score (nSPS) is 26.3. The van der Waals surface area contributed by atoms with Gasteiger partial charge in [-0.2, -0.15) is 13.2 Å². The van der Waals surface area contributed by atoms with Crippen molar-refractivity contribution in [3.63, 3.8) is 0 Å². The lowest BCUT2D eigenvalue weighted by atomic mass is 9.96. The molecule has 1 fully saturated rings. The molecule has 0 amide bonds. The van der Waals surface area contributed by atoms with Crippen molar-refractivity contribution in [1.82, 2.24) is 0 Å². The van der Waals surface area contributed by atoms with Gasteiger partial charge in [-0.1, -0.05) is 18.2 Å². The molecule has 1 saturated heterocycles. The monoisotopic (exact) mass is 202 g/mol. The smallest absolute Gasteiger partial charge is 0.365 e. The van der Waals surface area contributed by atoms with E-state index >= 15 is 0 Å². The Hall–Kier alpha value is -1.03. The number of halogens is 3. The van der Waals surface area contributed by atoms with E-state index in [1.807, 2.05) is 0 Å². The summed E-state index contributed by atoms with van der Waals surface area (Å²) in [5, 5.41) is 0. The summed E-state index contributed by atoms with van der Waals surface area (Å²) in [5.41, 5.74) is -1.10. The quantitative estimate of drug-likeness (QED) is 0.638. The Morgan fingerprint density at radius 1 is 1.29 bits per heavy atom. The molecule has 4 heteroatoms. The van der Waals surface area contributed by atoms with Gasteiger partial charge in [0, 0.05) is 0 Å². The van der Waals surface area contributed by atoms with Crippen molar-refractivity contribution < 1.29 is 17.9 Å². The molecule has 0 radical (unpaired) electrons. The maximum atomic E-state index is 12.6. The minimum Gasteiger partial charge on any atom is -0.365 e. The fourth-order valence-corrected chi connectivity index (χ4v) is 1.46. The van der Waals surface area contributed by atoms with Gasteiger partial charge in [0.15, 0.2) is 0 Å². The van der Waals surface area contributed by atoms with Gasteiger partial charge in [-0.25, -0.2) is 0 Å². The van der Waals surface area contributed by atoms with Crippen molar-refractivity contribution in [2.75, 3.05) is 6.61 Å². The first-order valence-corrected chi connectivity index (χ1v) is 4.24. The molecule has 76 valence electrons. The molecule has 1 heterocycles. The largest absolute Gasteiger partial charge is 0.416 e. The van der Waals surface area contributed by atoms with E-state index in [1.165, 1.54) is 12.1 Å². The molecule has 1 aromatic rings. The van der Waals surface area contributed by atoms with Gasteiger partial charge in [0.25, 0.3) is 0 Å². The van der Waals surface area contributed by atoms with Crippen molar-refractivity contribution in [2.24, 2.45) is 0 Å². The minimum atomic E-state index is -4.30. The van der Waals surface area contributed by atoms with Crippen LogP contribution >= 0.6 is 0 Å². The molecule has 1 aromatic carbocycles. The zero-order valence-electron chi connectivity index (χ0n) is 7.56. The number of rotatable bonds is 1. The topological polar surface area (TPSA) is 12.5 Å². The van der Waals surface area contributed by atoms with E-state index in [9.17, 15) is 13.2 Å². The molecule has 0 bridgehead atoms. The van der Waals surface area contributed by atoms with Crippen molar-refractivity contribution >= 4 is 0 Å². The fourth-order valence-electron chi connectivity index (χ4n) is 1.46. The first-order valence-electron chi connectivity index (χ1n) is 4.24. The average molecular weight is 202 g/mol. The highest BCUT2D eigenvalue weighted by molar-refractivity contribution is 5.36. The van der Waals surface area contributed by atoms with E-state index in [4.69, 9.17) is 4.74 Å². The van der Waals surface area contributed by atoms with Gasteiger partial charge < -0.3 is 4.74 Å². The Bertz CT molecular complexity index is 328. The Kier molecular flexibility index (Phi) is 1.86. The van der Waals surface area contributed by atoms with E-state index in [0.29, 0.717) is 6.61 Å². The standard InChI is InChI=1S/C10H9F3O/c1-9(6-14-9)7-4-2-3-5-8(7)10(11,12)13/h2-5H,6H2,1H3. The first-order chi connectivity index (χ1) is 6.43. The summed E-state index contributed by atoms with van der Waals surface area (Å²) < 4.78 is 42.7. The number of benzene rings is 1. The van der Waals surface area contributed by atoms with Crippen molar-refractivity contribution in [2.45, 2.75) is 18.7 Å². The van der Waals surface area contributed by atoms with Crippen LogP contribution in [-0.4, -0.2) is 6.61 Å². The summed E-state index contributed by atoms with van der Waals surface area (Å²) in [4.78, 5) is 0. The number of ether oxygens (including phenoxy) is 1. The van der Waals surface area contributed by atoms with Crippen LogP contribution in [-0.2, 0) is 16.5 Å². The van der Waals surface area contributed by atoms with Crippen LogP contribution in [0, 0.1) is 0 Å². The van der Waals surface area contributed by atoms with Gasteiger partial charge in [-0.05, 0) is 18.6 Å². The van der Waals surface area contributed by atoms with Crippen LogP contribution in [0.1, 0.15) is 18.1 Å². The van der Waals surface area contributed by atoms with Crippen LogP contribution in [0.2, 0.25) is 0 Å². The molecule has 0 aliphatic carbocycles. The Labute approximate surface area is 79.5 Å². The second-order valence-corrected chi connectivity index (χ2v) is 3.56. The zero-order valence-corrected chi connectivity index (χ0v) is 7.56. The van der Waals surface area contributed by atoms with E-state index in [0.717, 1.165) is 6.07 Å². The van der Waals surface area contributed by atoms with Gasteiger partial charge in [0.2, 0.25) is 0 Å². The van der Waals surface area contributed by atoms with Crippen LogP contribution in [0.15, 0.2) is 24.3 Å². The lowest BCUT2D eigenvalue weighted by Crippen LogP contribution is -2.14. The van der Waals surface area contributed by atoms with Crippen LogP contribution in [0.25, 0.3) is 0 Å². The maximum Gasteiger partial charge on any atom is 0.416 e. The molecule has 0 saturated carbocycles. The predicted molar refractivity (Wildman–Crippen MR) is 44.7 cm³/mol. The van der Waals surface area contributed by atoms with Gasteiger partial charge in [0.1, 0.15) is 5.60 Å². The molecule has 1 aliphatic rings. The highest BCUT2D eigenvalue weighted by atomic mass is 19.4. The molecular formula is C10H9F3O. The summed E-state index contributed by atoms with van der Waals surface area (Å²) in [6, 6.07) is 5.54. The second-order valence-electron chi connectivity index (χ2n) is 3.56. The lowest BCUT2D eigenvalue weighted by molar-refractivity contribution is -0.138. The lowest BCUT2D eigenvalue weighted by Gasteiger charge is -2.14. The van der Waals surface area contributed by atoms with Crippen LogP contribution in [0.5, 0.6) is 0 Å². The Balaban J connectivity index is 2.50. The molecule has 1 atom stereocenters. The highest BCUT2D eigenvalue weighted by Gasteiger charge is 2.47. The third kappa shape index (κ3) is 1.50. The van der Waals surface area contributed by atoms with Crippen molar-refractivity contribution in [3.05, 3.63) is 35.4 Å².